The average molecular weight is 467 g/mol. The van der Waals surface area contributed by atoms with Crippen LogP contribution in [0.3, 0.4) is 0 Å². The van der Waals surface area contributed by atoms with Crippen LogP contribution in [0.4, 0.5) is 0 Å². The molecular formula is C24H26N4O2S2. The molecule has 1 unspecified atom stereocenters. The number of nitrogens with one attached hydrogen (secondary N) is 1. The topological polar surface area (TPSA) is 63.4 Å². The van der Waals surface area contributed by atoms with Crippen molar-refractivity contribution < 1.29 is 9.26 Å². The summed E-state index contributed by atoms with van der Waals surface area (Å²) in [7, 11) is 0. The standard InChI is InChI=1S/C24H26N4O2S2/c1-5-28-15(3)20(21(25-24(28)31)16-7-11-18(12-8-16)29-6-2)23-26-22(27-30-23)17-9-13-19(32-4)14-10-17/h7-14,21H,5-6H2,1-4H3,(H,25,31). The molecule has 3 aromatic rings. The molecule has 8 heteroatoms. The Hall–Kier alpha value is -2.84. The molecule has 2 aromatic carbocycles. The SMILES string of the molecule is CCOc1ccc(C2NC(=S)N(CC)C(C)=C2c2nc(-c3ccc(SC)cc3)no2)cc1. The highest BCUT2D eigenvalue weighted by Crippen LogP contribution is 2.37. The highest BCUT2D eigenvalue weighted by molar-refractivity contribution is 7.98. The Kier molecular flexibility index (Phi) is 6.81. The lowest BCUT2D eigenvalue weighted by Crippen LogP contribution is -2.45. The Labute approximate surface area is 198 Å². The molecule has 1 aromatic heterocycles. The van der Waals surface area contributed by atoms with Crippen LogP contribution in [0.2, 0.25) is 0 Å². The minimum atomic E-state index is -0.201. The van der Waals surface area contributed by atoms with E-state index >= 15 is 0 Å². The van der Waals surface area contributed by atoms with Crippen molar-refractivity contribution in [2.75, 3.05) is 19.4 Å². The maximum atomic E-state index is 5.77. The summed E-state index contributed by atoms with van der Waals surface area (Å²) in [6.45, 7) is 7.46. The second kappa shape index (κ2) is 9.75. The van der Waals surface area contributed by atoms with Gasteiger partial charge in [0.1, 0.15) is 5.75 Å². The van der Waals surface area contributed by atoms with E-state index in [0.717, 1.165) is 34.7 Å². The summed E-state index contributed by atoms with van der Waals surface area (Å²) in [5.74, 6) is 1.88. The second-order valence-corrected chi connectivity index (χ2v) is 8.55. The molecule has 1 aliphatic heterocycles. The molecule has 0 radical (unpaired) electrons. The number of hydrogen-bond donors (Lipinski definition) is 1. The van der Waals surface area contributed by atoms with Gasteiger partial charge in [-0.15, -0.1) is 11.8 Å². The van der Waals surface area contributed by atoms with E-state index in [1.807, 2.05) is 55.1 Å². The van der Waals surface area contributed by atoms with Crippen LogP contribution in [0.15, 0.2) is 63.6 Å². The van der Waals surface area contributed by atoms with Gasteiger partial charge >= 0.3 is 0 Å². The fourth-order valence-corrected chi connectivity index (χ4v) is 4.59. The third-order valence-corrected chi connectivity index (χ3v) is 6.52. The van der Waals surface area contributed by atoms with Crippen molar-refractivity contribution in [2.24, 2.45) is 0 Å². The van der Waals surface area contributed by atoms with Crippen LogP contribution < -0.4 is 10.1 Å². The molecule has 0 aliphatic carbocycles. The number of ether oxygens (including phenoxy) is 1. The Morgan fingerprint density at radius 2 is 1.84 bits per heavy atom. The molecule has 2 heterocycles. The fraction of sp³-hybridized carbons (Fsp3) is 0.292. The number of hydrogen-bond acceptors (Lipinski definition) is 6. The third kappa shape index (κ3) is 4.38. The predicted octanol–water partition coefficient (Wildman–Crippen LogP) is 5.54. The zero-order valence-electron chi connectivity index (χ0n) is 18.6. The zero-order valence-corrected chi connectivity index (χ0v) is 20.2. The largest absolute Gasteiger partial charge is 0.494 e. The molecule has 1 N–H and O–H groups in total. The molecule has 0 amide bonds. The van der Waals surface area contributed by atoms with E-state index in [4.69, 9.17) is 26.5 Å². The molecule has 32 heavy (non-hydrogen) atoms. The molecule has 6 nitrogen and oxygen atoms in total. The van der Waals surface area contributed by atoms with E-state index in [1.165, 1.54) is 4.90 Å². The van der Waals surface area contributed by atoms with Crippen molar-refractivity contribution in [3.8, 4) is 17.1 Å². The average Bonchev–Trinajstić information content (AvgIpc) is 3.29. The monoisotopic (exact) mass is 466 g/mol. The van der Waals surface area contributed by atoms with Crippen LogP contribution in [-0.4, -0.2) is 39.6 Å². The Morgan fingerprint density at radius 1 is 1.12 bits per heavy atom. The molecule has 1 atom stereocenters. The van der Waals surface area contributed by atoms with Gasteiger partial charge in [-0.05, 0) is 81.2 Å². The van der Waals surface area contributed by atoms with E-state index < -0.39 is 0 Å². The van der Waals surface area contributed by atoms with Gasteiger partial charge in [-0.3, -0.25) is 0 Å². The molecular weight excluding hydrogens is 440 g/mol. The first kappa shape index (κ1) is 22.4. The highest BCUT2D eigenvalue weighted by Gasteiger charge is 2.33. The molecule has 1 aliphatic rings. The van der Waals surface area contributed by atoms with Crippen LogP contribution >= 0.6 is 24.0 Å². The molecule has 0 saturated carbocycles. The van der Waals surface area contributed by atoms with Gasteiger partial charge in [-0.25, -0.2) is 0 Å². The van der Waals surface area contributed by atoms with Crippen LogP contribution in [0, 0.1) is 0 Å². The lowest BCUT2D eigenvalue weighted by Gasteiger charge is -2.36. The Bertz CT molecular complexity index is 1120. The normalized spacial score (nSPS) is 16.3. The van der Waals surface area contributed by atoms with Gasteiger partial charge in [-0.2, -0.15) is 4.98 Å². The van der Waals surface area contributed by atoms with E-state index in [1.54, 1.807) is 11.8 Å². The van der Waals surface area contributed by atoms with E-state index in [0.29, 0.717) is 23.4 Å². The second-order valence-electron chi connectivity index (χ2n) is 7.28. The highest BCUT2D eigenvalue weighted by atomic mass is 32.2. The summed E-state index contributed by atoms with van der Waals surface area (Å²) < 4.78 is 11.4. The van der Waals surface area contributed by atoms with Crippen molar-refractivity contribution in [1.82, 2.24) is 20.4 Å². The summed E-state index contributed by atoms with van der Waals surface area (Å²) in [6.07, 6.45) is 2.05. The lowest BCUT2D eigenvalue weighted by atomic mass is 9.94. The predicted molar refractivity (Wildman–Crippen MR) is 133 cm³/mol. The Balaban J connectivity index is 1.74. The van der Waals surface area contributed by atoms with E-state index in [9.17, 15) is 0 Å². The summed E-state index contributed by atoms with van der Waals surface area (Å²) in [6, 6.07) is 16.0. The van der Waals surface area contributed by atoms with Crippen molar-refractivity contribution in [3.05, 3.63) is 65.7 Å². The minimum absolute atomic E-state index is 0.201. The van der Waals surface area contributed by atoms with Crippen molar-refractivity contribution >= 4 is 34.7 Å². The number of benzene rings is 2. The first-order chi connectivity index (χ1) is 15.5. The van der Waals surface area contributed by atoms with Crippen LogP contribution in [0.1, 0.15) is 38.3 Å². The van der Waals surface area contributed by atoms with E-state index in [2.05, 4.69) is 35.8 Å². The van der Waals surface area contributed by atoms with Crippen LogP contribution in [0.25, 0.3) is 17.0 Å². The first-order valence-corrected chi connectivity index (χ1v) is 12.2. The zero-order chi connectivity index (χ0) is 22.7. The number of thioether (sulfide) groups is 1. The van der Waals surface area contributed by atoms with E-state index in [-0.39, 0.29) is 6.04 Å². The van der Waals surface area contributed by atoms with Crippen LogP contribution in [0.5, 0.6) is 5.75 Å². The number of aromatic nitrogens is 2. The summed E-state index contributed by atoms with van der Waals surface area (Å²) in [5.41, 5.74) is 3.89. The van der Waals surface area contributed by atoms with Gasteiger partial charge in [0.05, 0.1) is 18.2 Å². The maximum absolute atomic E-state index is 5.77. The molecule has 0 fully saturated rings. The van der Waals surface area contributed by atoms with Gasteiger partial charge in [0.25, 0.3) is 5.89 Å². The molecule has 0 saturated heterocycles. The number of thiocarbonyl (C=S) groups is 1. The number of rotatable bonds is 7. The van der Waals surface area contributed by atoms with Crippen molar-refractivity contribution in [3.63, 3.8) is 0 Å². The van der Waals surface area contributed by atoms with Gasteiger partial charge < -0.3 is 19.5 Å². The summed E-state index contributed by atoms with van der Waals surface area (Å²) in [4.78, 5) is 7.99. The quantitative estimate of drug-likeness (QED) is 0.360. The molecule has 166 valence electrons. The number of allylic oxidation sites excluding steroid dienone is 1. The van der Waals surface area contributed by atoms with Crippen LogP contribution in [-0.2, 0) is 0 Å². The van der Waals surface area contributed by atoms with Gasteiger partial charge in [-0.1, -0.05) is 17.3 Å². The van der Waals surface area contributed by atoms with Crippen molar-refractivity contribution in [2.45, 2.75) is 31.7 Å². The van der Waals surface area contributed by atoms with Gasteiger partial charge in [0.15, 0.2) is 5.11 Å². The van der Waals surface area contributed by atoms with Gasteiger partial charge in [0, 0.05) is 22.7 Å². The van der Waals surface area contributed by atoms with Crippen molar-refractivity contribution in [1.29, 1.82) is 0 Å². The fourth-order valence-electron chi connectivity index (χ4n) is 3.80. The summed E-state index contributed by atoms with van der Waals surface area (Å²) in [5, 5.41) is 8.40. The molecule has 0 spiro atoms. The molecule has 0 bridgehead atoms. The first-order valence-electron chi connectivity index (χ1n) is 10.6. The number of nitrogens with zero attached hydrogens (tertiary/aromatic N) is 3. The molecule has 4 rings (SSSR count). The summed E-state index contributed by atoms with van der Waals surface area (Å²) >= 11 is 7.34. The maximum Gasteiger partial charge on any atom is 0.258 e. The third-order valence-electron chi connectivity index (χ3n) is 5.44. The Morgan fingerprint density at radius 3 is 2.47 bits per heavy atom. The van der Waals surface area contributed by atoms with Gasteiger partial charge in [0.2, 0.25) is 5.82 Å². The lowest BCUT2D eigenvalue weighted by molar-refractivity contribution is 0.340. The minimum Gasteiger partial charge on any atom is -0.494 e. The smallest absolute Gasteiger partial charge is 0.258 e.